The minimum absolute atomic E-state index is 0.0833. The van der Waals surface area contributed by atoms with Crippen molar-refractivity contribution in [3.8, 4) is 0 Å². The van der Waals surface area contributed by atoms with Gasteiger partial charge in [0, 0.05) is 17.8 Å². The number of aromatic nitrogens is 1. The Morgan fingerprint density at radius 1 is 1.67 bits per heavy atom. The second-order valence-electron chi connectivity index (χ2n) is 2.85. The summed E-state index contributed by atoms with van der Waals surface area (Å²) in [5, 5.41) is 0. The molecular formula is C9H14N2S. The van der Waals surface area contributed by atoms with Crippen molar-refractivity contribution >= 4 is 12.2 Å². The van der Waals surface area contributed by atoms with Gasteiger partial charge < -0.3 is 10.7 Å². The highest BCUT2D eigenvalue weighted by Crippen LogP contribution is 2.14. The molecule has 0 aliphatic rings. The first-order valence-electron chi connectivity index (χ1n) is 4.19. The van der Waals surface area contributed by atoms with Crippen LogP contribution in [0.25, 0.3) is 0 Å². The summed E-state index contributed by atoms with van der Waals surface area (Å²) >= 11 is 5.11. The SMILES string of the molecule is CCCC(N)c1ccc[nH]c1=S. The van der Waals surface area contributed by atoms with E-state index < -0.39 is 0 Å². The van der Waals surface area contributed by atoms with E-state index in [4.69, 9.17) is 18.0 Å². The largest absolute Gasteiger partial charge is 0.353 e. The Balaban J connectivity index is 2.87. The average Bonchev–Trinajstić information content (AvgIpc) is 2.05. The normalized spacial score (nSPS) is 12.8. The molecule has 0 saturated heterocycles. The highest BCUT2D eigenvalue weighted by Gasteiger charge is 2.04. The predicted octanol–water partition coefficient (Wildman–Crippen LogP) is 2.54. The third kappa shape index (κ3) is 2.16. The maximum absolute atomic E-state index is 5.92. The Bertz CT molecular complexity index is 293. The van der Waals surface area contributed by atoms with Crippen molar-refractivity contribution in [2.75, 3.05) is 0 Å². The van der Waals surface area contributed by atoms with Gasteiger partial charge in [-0.1, -0.05) is 31.6 Å². The Labute approximate surface area is 77.8 Å². The monoisotopic (exact) mass is 182 g/mol. The van der Waals surface area contributed by atoms with Crippen molar-refractivity contribution in [1.29, 1.82) is 0 Å². The molecule has 0 bridgehead atoms. The first kappa shape index (κ1) is 9.42. The Morgan fingerprint density at radius 2 is 2.42 bits per heavy atom. The van der Waals surface area contributed by atoms with Gasteiger partial charge in [-0.2, -0.15) is 0 Å². The van der Waals surface area contributed by atoms with Crippen LogP contribution in [0.2, 0.25) is 0 Å². The van der Waals surface area contributed by atoms with E-state index in [1.165, 1.54) is 0 Å². The second-order valence-corrected chi connectivity index (χ2v) is 3.26. The number of pyridine rings is 1. The van der Waals surface area contributed by atoms with Crippen LogP contribution in [0.15, 0.2) is 18.3 Å². The first-order valence-corrected chi connectivity index (χ1v) is 4.59. The highest BCUT2D eigenvalue weighted by molar-refractivity contribution is 7.71. The molecule has 0 aliphatic heterocycles. The third-order valence-electron chi connectivity index (χ3n) is 1.85. The number of aromatic amines is 1. The van der Waals surface area contributed by atoms with Gasteiger partial charge in [-0.15, -0.1) is 0 Å². The summed E-state index contributed by atoms with van der Waals surface area (Å²) in [5.41, 5.74) is 6.97. The van der Waals surface area contributed by atoms with Crippen molar-refractivity contribution in [1.82, 2.24) is 4.98 Å². The van der Waals surface area contributed by atoms with Crippen LogP contribution in [0.5, 0.6) is 0 Å². The van der Waals surface area contributed by atoms with Gasteiger partial charge in [0.05, 0.1) is 0 Å². The maximum Gasteiger partial charge on any atom is 0.108 e. The van der Waals surface area contributed by atoms with Gasteiger partial charge in [0.25, 0.3) is 0 Å². The Morgan fingerprint density at radius 3 is 3.00 bits per heavy atom. The molecule has 66 valence electrons. The van der Waals surface area contributed by atoms with E-state index in [1.807, 2.05) is 18.3 Å². The van der Waals surface area contributed by atoms with E-state index in [1.54, 1.807) is 0 Å². The number of nitrogens with two attached hydrogens (primary N) is 1. The van der Waals surface area contributed by atoms with E-state index in [0.29, 0.717) is 0 Å². The van der Waals surface area contributed by atoms with Crippen LogP contribution >= 0.6 is 12.2 Å². The van der Waals surface area contributed by atoms with Gasteiger partial charge in [-0.25, -0.2) is 0 Å². The lowest BCUT2D eigenvalue weighted by atomic mass is 10.1. The van der Waals surface area contributed by atoms with E-state index in [0.717, 1.165) is 23.0 Å². The average molecular weight is 182 g/mol. The summed E-state index contributed by atoms with van der Waals surface area (Å²) in [6, 6.07) is 4.00. The quantitative estimate of drug-likeness (QED) is 0.705. The molecule has 0 radical (unpaired) electrons. The Hall–Kier alpha value is -0.670. The fourth-order valence-electron chi connectivity index (χ4n) is 1.19. The zero-order valence-corrected chi connectivity index (χ0v) is 8.03. The molecule has 0 amide bonds. The molecule has 1 rings (SSSR count). The van der Waals surface area contributed by atoms with Crippen molar-refractivity contribution in [3.63, 3.8) is 0 Å². The molecule has 1 unspecified atom stereocenters. The van der Waals surface area contributed by atoms with Crippen LogP contribution in [0, 0.1) is 4.64 Å². The fraction of sp³-hybridized carbons (Fsp3) is 0.444. The van der Waals surface area contributed by atoms with Crippen LogP contribution in [0.3, 0.4) is 0 Å². The molecule has 3 heteroatoms. The van der Waals surface area contributed by atoms with Crippen LogP contribution in [0.1, 0.15) is 31.4 Å². The van der Waals surface area contributed by atoms with E-state index in [9.17, 15) is 0 Å². The summed E-state index contributed by atoms with van der Waals surface area (Å²) in [5.74, 6) is 0. The molecule has 2 nitrogen and oxygen atoms in total. The van der Waals surface area contributed by atoms with Crippen molar-refractivity contribution in [2.24, 2.45) is 5.73 Å². The zero-order chi connectivity index (χ0) is 8.97. The minimum Gasteiger partial charge on any atom is -0.353 e. The summed E-state index contributed by atoms with van der Waals surface area (Å²) in [4.78, 5) is 2.97. The fourth-order valence-corrected chi connectivity index (χ4v) is 1.48. The van der Waals surface area contributed by atoms with Crippen LogP contribution in [-0.4, -0.2) is 4.98 Å². The lowest BCUT2D eigenvalue weighted by molar-refractivity contribution is 0.634. The molecule has 0 aromatic carbocycles. The van der Waals surface area contributed by atoms with E-state index in [-0.39, 0.29) is 6.04 Å². The number of rotatable bonds is 3. The molecule has 1 aromatic heterocycles. The summed E-state index contributed by atoms with van der Waals surface area (Å²) in [6.45, 7) is 2.12. The Kier molecular flexibility index (Phi) is 3.44. The minimum atomic E-state index is 0.0833. The molecule has 1 atom stereocenters. The third-order valence-corrected chi connectivity index (χ3v) is 2.20. The zero-order valence-electron chi connectivity index (χ0n) is 7.21. The van der Waals surface area contributed by atoms with Gasteiger partial charge in [0.1, 0.15) is 4.64 Å². The van der Waals surface area contributed by atoms with Crippen LogP contribution in [-0.2, 0) is 0 Å². The number of hydrogen-bond donors (Lipinski definition) is 2. The van der Waals surface area contributed by atoms with Crippen LogP contribution in [0.4, 0.5) is 0 Å². The topological polar surface area (TPSA) is 41.8 Å². The van der Waals surface area contributed by atoms with E-state index >= 15 is 0 Å². The molecule has 0 spiro atoms. The lowest BCUT2D eigenvalue weighted by Crippen LogP contribution is -2.10. The number of nitrogens with one attached hydrogen (secondary N) is 1. The second kappa shape index (κ2) is 4.38. The predicted molar refractivity (Wildman–Crippen MR) is 53.5 cm³/mol. The summed E-state index contributed by atoms with van der Waals surface area (Å²) in [7, 11) is 0. The molecule has 1 heterocycles. The molecule has 1 aromatic rings. The molecule has 0 aliphatic carbocycles. The van der Waals surface area contributed by atoms with Gasteiger partial charge in [0.2, 0.25) is 0 Å². The van der Waals surface area contributed by atoms with Crippen LogP contribution < -0.4 is 5.73 Å². The molecule has 12 heavy (non-hydrogen) atoms. The van der Waals surface area contributed by atoms with Gasteiger partial charge in [-0.05, 0) is 12.5 Å². The van der Waals surface area contributed by atoms with Gasteiger partial charge in [0.15, 0.2) is 0 Å². The summed E-state index contributed by atoms with van der Waals surface area (Å²) in [6.07, 6.45) is 3.90. The summed E-state index contributed by atoms with van der Waals surface area (Å²) < 4.78 is 0.762. The maximum atomic E-state index is 5.92. The van der Waals surface area contributed by atoms with Gasteiger partial charge in [-0.3, -0.25) is 0 Å². The lowest BCUT2D eigenvalue weighted by Gasteiger charge is -2.09. The molecule has 0 saturated carbocycles. The number of H-pyrrole nitrogens is 1. The molecule has 0 fully saturated rings. The highest BCUT2D eigenvalue weighted by atomic mass is 32.1. The van der Waals surface area contributed by atoms with Crippen molar-refractivity contribution < 1.29 is 0 Å². The first-order chi connectivity index (χ1) is 5.75. The van der Waals surface area contributed by atoms with E-state index in [2.05, 4.69) is 11.9 Å². The van der Waals surface area contributed by atoms with Gasteiger partial charge >= 0.3 is 0 Å². The number of hydrogen-bond acceptors (Lipinski definition) is 2. The van der Waals surface area contributed by atoms with Crippen molar-refractivity contribution in [3.05, 3.63) is 28.5 Å². The molecule has 3 N–H and O–H groups in total. The smallest absolute Gasteiger partial charge is 0.108 e. The standard InChI is InChI=1S/C9H14N2S/c1-2-4-8(10)7-5-3-6-11-9(7)12/h3,5-6,8H,2,4,10H2,1H3,(H,11,12). The molecular weight excluding hydrogens is 168 g/mol. The van der Waals surface area contributed by atoms with Crippen molar-refractivity contribution in [2.45, 2.75) is 25.8 Å².